The van der Waals surface area contributed by atoms with E-state index in [1.165, 1.54) is 16.9 Å². The highest BCUT2D eigenvalue weighted by atomic mass is 32.2. The van der Waals surface area contributed by atoms with E-state index in [2.05, 4.69) is 4.98 Å². The van der Waals surface area contributed by atoms with E-state index in [1.807, 2.05) is 31.2 Å². The van der Waals surface area contributed by atoms with E-state index >= 15 is 0 Å². The lowest BCUT2D eigenvalue weighted by atomic mass is 10.2. The van der Waals surface area contributed by atoms with Gasteiger partial charge in [-0.1, -0.05) is 23.9 Å². The molecule has 1 heterocycles. The van der Waals surface area contributed by atoms with E-state index in [0.29, 0.717) is 12.3 Å². The first kappa shape index (κ1) is 14.9. The normalized spacial score (nSPS) is 10.4. The fourth-order valence-electron chi connectivity index (χ4n) is 1.58. The first-order valence-electron chi connectivity index (χ1n) is 6.12. The van der Waals surface area contributed by atoms with Gasteiger partial charge in [-0.05, 0) is 24.6 Å². The molecule has 1 N–H and O–H groups in total. The molecule has 0 bridgehead atoms. The Morgan fingerprint density at radius 3 is 3.10 bits per heavy atom. The first-order valence-corrected chi connectivity index (χ1v) is 7.98. The molecule has 0 amide bonds. The summed E-state index contributed by atoms with van der Waals surface area (Å²) >= 11 is 3.05. The molecule has 1 aromatic carbocycles. The third-order valence-corrected chi connectivity index (χ3v) is 4.46. The fraction of sp³-hybridized carbons (Fsp3) is 0.286. The lowest BCUT2D eigenvalue weighted by Crippen LogP contribution is -2.01. The van der Waals surface area contributed by atoms with Gasteiger partial charge in [0.2, 0.25) is 0 Å². The fourth-order valence-corrected chi connectivity index (χ4v) is 3.32. The first-order chi connectivity index (χ1) is 9.63. The summed E-state index contributed by atoms with van der Waals surface area (Å²) in [5.74, 6) is 0.805. The summed E-state index contributed by atoms with van der Waals surface area (Å²) in [6, 6.07) is 7.93. The van der Waals surface area contributed by atoms with Gasteiger partial charge in [-0.3, -0.25) is 4.79 Å². The molecule has 0 saturated carbocycles. The van der Waals surface area contributed by atoms with Crippen molar-refractivity contribution in [3.05, 3.63) is 40.9 Å². The average Bonchev–Trinajstić information content (AvgIpc) is 2.81. The molecule has 0 unspecified atom stereocenters. The van der Waals surface area contributed by atoms with Gasteiger partial charge in [0, 0.05) is 11.1 Å². The molecule has 0 saturated heterocycles. The van der Waals surface area contributed by atoms with Crippen molar-refractivity contribution in [1.82, 2.24) is 4.98 Å². The number of nitrogens with zero attached hydrogens (tertiary/aromatic N) is 1. The molecule has 0 atom stereocenters. The van der Waals surface area contributed by atoms with Crippen LogP contribution in [0.3, 0.4) is 0 Å². The standard InChI is InChI=1S/C14H15NO3S2/c1-10-3-2-4-12(7-10)18-5-6-19-14-15-11(9-20-14)8-13(16)17/h2-4,7,9H,5-6,8H2,1H3,(H,16,17). The van der Waals surface area contributed by atoms with Gasteiger partial charge in [0.1, 0.15) is 10.1 Å². The number of thioether (sulfide) groups is 1. The van der Waals surface area contributed by atoms with Crippen molar-refractivity contribution in [1.29, 1.82) is 0 Å². The molecule has 0 spiro atoms. The van der Waals surface area contributed by atoms with Crippen LogP contribution >= 0.6 is 23.1 Å². The highest BCUT2D eigenvalue weighted by Gasteiger charge is 2.06. The Morgan fingerprint density at radius 2 is 2.35 bits per heavy atom. The molecule has 0 aliphatic rings. The number of aryl methyl sites for hydroxylation is 1. The number of aliphatic carboxylic acids is 1. The lowest BCUT2D eigenvalue weighted by molar-refractivity contribution is -0.136. The number of carbonyl (C=O) groups is 1. The van der Waals surface area contributed by atoms with Gasteiger partial charge in [-0.15, -0.1) is 11.3 Å². The number of ether oxygens (including phenoxy) is 1. The molecule has 0 aliphatic carbocycles. The zero-order valence-electron chi connectivity index (χ0n) is 11.0. The van der Waals surface area contributed by atoms with Gasteiger partial charge in [-0.25, -0.2) is 4.98 Å². The van der Waals surface area contributed by atoms with Crippen molar-refractivity contribution in [2.75, 3.05) is 12.4 Å². The van der Waals surface area contributed by atoms with Crippen molar-refractivity contribution in [2.45, 2.75) is 17.7 Å². The van der Waals surface area contributed by atoms with Gasteiger partial charge in [-0.2, -0.15) is 0 Å². The lowest BCUT2D eigenvalue weighted by Gasteiger charge is -2.05. The Morgan fingerprint density at radius 1 is 1.50 bits per heavy atom. The number of hydrogen-bond acceptors (Lipinski definition) is 5. The minimum absolute atomic E-state index is 0.0170. The molecular formula is C14H15NO3S2. The van der Waals surface area contributed by atoms with Crippen LogP contribution in [0.15, 0.2) is 34.0 Å². The predicted molar refractivity (Wildman–Crippen MR) is 80.9 cm³/mol. The summed E-state index contributed by atoms with van der Waals surface area (Å²) in [6.07, 6.45) is -0.0170. The van der Waals surface area contributed by atoms with Crippen LogP contribution in [0.1, 0.15) is 11.3 Å². The predicted octanol–water partition coefficient (Wildman–Crippen LogP) is 3.25. The highest BCUT2D eigenvalue weighted by molar-refractivity contribution is 8.01. The molecule has 2 rings (SSSR count). The van der Waals surface area contributed by atoms with Crippen LogP contribution in [0.25, 0.3) is 0 Å². The third kappa shape index (κ3) is 4.86. The SMILES string of the molecule is Cc1cccc(OCCSc2nc(CC(=O)O)cs2)c1. The second-order valence-corrected chi connectivity index (χ2v) is 6.39. The highest BCUT2D eigenvalue weighted by Crippen LogP contribution is 2.23. The summed E-state index contributed by atoms with van der Waals surface area (Å²) < 4.78 is 6.53. The zero-order chi connectivity index (χ0) is 14.4. The Balaban J connectivity index is 1.73. The molecule has 2 aromatic rings. The quantitative estimate of drug-likeness (QED) is 0.628. The molecule has 4 nitrogen and oxygen atoms in total. The maximum atomic E-state index is 10.6. The monoisotopic (exact) mass is 309 g/mol. The minimum Gasteiger partial charge on any atom is -0.493 e. The maximum absolute atomic E-state index is 10.6. The average molecular weight is 309 g/mol. The Bertz CT molecular complexity index is 583. The smallest absolute Gasteiger partial charge is 0.309 e. The number of aromatic nitrogens is 1. The van der Waals surface area contributed by atoms with Crippen LogP contribution in [0.2, 0.25) is 0 Å². The second kappa shape index (κ2) is 7.31. The number of carboxylic acids is 1. The summed E-state index contributed by atoms with van der Waals surface area (Å²) in [5, 5.41) is 10.5. The number of benzene rings is 1. The molecule has 0 fully saturated rings. The summed E-state index contributed by atoms with van der Waals surface area (Å²) in [6.45, 7) is 2.63. The van der Waals surface area contributed by atoms with Crippen molar-refractivity contribution in [3.63, 3.8) is 0 Å². The Labute approximate surface area is 125 Å². The largest absolute Gasteiger partial charge is 0.493 e. The minimum atomic E-state index is -0.852. The molecule has 0 aliphatic heterocycles. The molecular weight excluding hydrogens is 294 g/mol. The van der Waals surface area contributed by atoms with Crippen LogP contribution in [-0.2, 0) is 11.2 Å². The van der Waals surface area contributed by atoms with Gasteiger partial charge in [0.05, 0.1) is 18.7 Å². The molecule has 0 radical (unpaired) electrons. The van der Waals surface area contributed by atoms with Gasteiger partial charge in [0.25, 0.3) is 0 Å². The summed E-state index contributed by atoms with van der Waals surface area (Å²) in [4.78, 5) is 14.8. The van der Waals surface area contributed by atoms with Crippen LogP contribution in [0.4, 0.5) is 0 Å². The second-order valence-electron chi connectivity index (χ2n) is 4.19. The molecule has 20 heavy (non-hydrogen) atoms. The van der Waals surface area contributed by atoms with Gasteiger partial charge < -0.3 is 9.84 Å². The number of thiazole rings is 1. The Kier molecular flexibility index (Phi) is 5.43. The van der Waals surface area contributed by atoms with Gasteiger partial charge in [0.15, 0.2) is 0 Å². The van der Waals surface area contributed by atoms with Gasteiger partial charge >= 0.3 is 5.97 Å². The summed E-state index contributed by atoms with van der Waals surface area (Å²) in [5.41, 5.74) is 1.79. The van der Waals surface area contributed by atoms with Crippen LogP contribution in [0.5, 0.6) is 5.75 Å². The van der Waals surface area contributed by atoms with Crippen LogP contribution in [0, 0.1) is 6.92 Å². The van der Waals surface area contributed by atoms with E-state index in [0.717, 1.165) is 15.8 Å². The third-order valence-electron chi connectivity index (χ3n) is 2.43. The van der Waals surface area contributed by atoms with Crippen molar-refractivity contribution in [2.24, 2.45) is 0 Å². The topological polar surface area (TPSA) is 59.4 Å². The zero-order valence-corrected chi connectivity index (χ0v) is 12.7. The van der Waals surface area contributed by atoms with E-state index < -0.39 is 5.97 Å². The maximum Gasteiger partial charge on any atom is 0.309 e. The van der Waals surface area contributed by atoms with Crippen molar-refractivity contribution < 1.29 is 14.6 Å². The number of hydrogen-bond donors (Lipinski definition) is 1. The van der Waals surface area contributed by atoms with E-state index in [1.54, 1.807) is 17.1 Å². The number of carboxylic acid groups (broad SMARTS) is 1. The molecule has 1 aromatic heterocycles. The van der Waals surface area contributed by atoms with Crippen LogP contribution in [-0.4, -0.2) is 28.4 Å². The van der Waals surface area contributed by atoms with E-state index in [4.69, 9.17) is 9.84 Å². The van der Waals surface area contributed by atoms with E-state index in [9.17, 15) is 4.79 Å². The Hall–Kier alpha value is -1.53. The van der Waals surface area contributed by atoms with Crippen molar-refractivity contribution in [3.8, 4) is 5.75 Å². The summed E-state index contributed by atoms with van der Waals surface area (Å²) in [7, 11) is 0. The van der Waals surface area contributed by atoms with E-state index in [-0.39, 0.29) is 6.42 Å². The molecule has 6 heteroatoms. The van der Waals surface area contributed by atoms with Crippen LogP contribution < -0.4 is 4.74 Å². The molecule has 106 valence electrons. The number of rotatable bonds is 7. The van der Waals surface area contributed by atoms with Crippen molar-refractivity contribution >= 4 is 29.1 Å².